The molecule has 0 bridgehead atoms. The van der Waals surface area contributed by atoms with E-state index in [9.17, 15) is 19.5 Å². The van der Waals surface area contributed by atoms with Crippen LogP contribution in [0.3, 0.4) is 0 Å². The lowest BCUT2D eigenvalue weighted by Gasteiger charge is -2.58. The van der Waals surface area contributed by atoms with Crippen molar-refractivity contribution >= 4 is 23.4 Å². The zero-order valence-corrected chi connectivity index (χ0v) is 24.2. The van der Waals surface area contributed by atoms with Gasteiger partial charge in [-0.05, 0) is 98.5 Å². The molecule has 1 aromatic carbocycles. The molecule has 40 heavy (non-hydrogen) atoms. The van der Waals surface area contributed by atoms with E-state index in [1.165, 1.54) is 24.8 Å². The zero-order chi connectivity index (χ0) is 28.5. The summed E-state index contributed by atoms with van der Waals surface area (Å²) in [6.07, 6.45) is 10.9. The Morgan fingerprint density at radius 2 is 1.82 bits per heavy atom. The van der Waals surface area contributed by atoms with Crippen molar-refractivity contribution < 1.29 is 24.3 Å². The Hall–Kier alpha value is -2.96. The number of carbonyl (C=O) groups excluding carboxylic acids is 2. The SMILES string of the molecule is CC(=O)C1CCC2C3CCC4=C/C(=N/OCC(=O)NCC(CC(=O)O)c5ccccc5)CC[C@@]4(C)C3CC[C@@]12C. The monoisotopic (exact) mass is 548 g/mol. The number of hydrogen-bond acceptors (Lipinski definition) is 5. The van der Waals surface area contributed by atoms with Gasteiger partial charge in [0.1, 0.15) is 5.78 Å². The Kier molecular flexibility index (Phi) is 8.21. The number of carboxylic acid groups (broad SMARTS) is 1. The standard InChI is InChI=1S/C33H44N2O5/c1-21(36)27-11-12-28-26-10-9-24-18-25(13-15-32(24,2)29(26)14-16-33(27,28)3)35-40-20-30(37)34-19-23(17-31(38)39)22-7-5-4-6-8-22/h4-8,18,23,26-29H,9-17,19-20H2,1-3H3,(H,34,37)(H,38,39)/b35-25+/t23?,26?,27?,28?,29?,32-,33+/m1/s1. The van der Waals surface area contributed by atoms with Gasteiger partial charge >= 0.3 is 5.97 Å². The molecule has 5 unspecified atom stereocenters. The number of allylic oxidation sites excluding steroid dienone is 2. The maximum absolute atomic E-state index is 12.4. The van der Waals surface area contributed by atoms with Gasteiger partial charge in [0.15, 0.2) is 6.61 Å². The number of benzene rings is 1. The summed E-state index contributed by atoms with van der Waals surface area (Å²) in [5.41, 5.74) is 3.59. The highest BCUT2D eigenvalue weighted by atomic mass is 16.6. The minimum absolute atomic E-state index is 0.0566. The Morgan fingerprint density at radius 1 is 1.05 bits per heavy atom. The van der Waals surface area contributed by atoms with E-state index in [0.717, 1.165) is 43.4 Å². The fourth-order valence-electron chi connectivity index (χ4n) is 9.02. The molecule has 4 aliphatic carbocycles. The van der Waals surface area contributed by atoms with Crippen LogP contribution in [0.4, 0.5) is 0 Å². The summed E-state index contributed by atoms with van der Waals surface area (Å²) in [7, 11) is 0. The second kappa shape index (κ2) is 11.5. The molecule has 3 saturated carbocycles. The fourth-order valence-corrected chi connectivity index (χ4v) is 9.02. The molecule has 1 aromatic rings. The highest BCUT2D eigenvalue weighted by Gasteiger charge is 2.59. The molecule has 0 saturated heterocycles. The van der Waals surface area contributed by atoms with Crippen molar-refractivity contribution in [2.75, 3.05) is 13.2 Å². The molecule has 7 nitrogen and oxygen atoms in total. The van der Waals surface area contributed by atoms with Crippen molar-refractivity contribution in [1.82, 2.24) is 5.32 Å². The van der Waals surface area contributed by atoms with Gasteiger partial charge in [-0.25, -0.2) is 0 Å². The lowest BCUT2D eigenvalue weighted by molar-refractivity contribution is -0.137. The molecule has 0 radical (unpaired) electrons. The number of hydrogen-bond donors (Lipinski definition) is 2. The van der Waals surface area contributed by atoms with Gasteiger partial charge in [0.2, 0.25) is 0 Å². The molecule has 0 aliphatic heterocycles. The summed E-state index contributed by atoms with van der Waals surface area (Å²) < 4.78 is 0. The fraction of sp³-hybridized carbons (Fsp3) is 0.636. The van der Waals surface area contributed by atoms with E-state index < -0.39 is 5.97 Å². The number of Topliss-reactive ketones (excluding diaryl/α,β-unsaturated/α-hetero) is 1. The van der Waals surface area contributed by atoms with Crippen LogP contribution in [0.15, 0.2) is 47.1 Å². The second-order valence-electron chi connectivity index (χ2n) is 13.2. The van der Waals surface area contributed by atoms with Gasteiger partial charge in [-0.1, -0.05) is 54.9 Å². The third kappa shape index (κ3) is 5.48. The maximum atomic E-state index is 12.4. The van der Waals surface area contributed by atoms with E-state index in [2.05, 4.69) is 30.4 Å². The Balaban J connectivity index is 1.17. The topological polar surface area (TPSA) is 105 Å². The molecule has 7 heteroatoms. The number of nitrogens with zero attached hydrogens (tertiary/aromatic N) is 1. The predicted molar refractivity (Wildman–Crippen MR) is 154 cm³/mol. The Morgan fingerprint density at radius 3 is 2.55 bits per heavy atom. The van der Waals surface area contributed by atoms with E-state index in [0.29, 0.717) is 23.5 Å². The zero-order valence-electron chi connectivity index (χ0n) is 24.2. The smallest absolute Gasteiger partial charge is 0.304 e. The third-order valence-electron chi connectivity index (χ3n) is 11.1. The number of oxime groups is 1. The minimum Gasteiger partial charge on any atom is -0.481 e. The number of carbonyl (C=O) groups is 3. The van der Waals surface area contributed by atoms with Crippen LogP contribution in [-0.4, -0.2) is 41.6 Å². The predicted octanol–water partition coefficient (Wildman–Crippen LogP) is 5.90. The molecular formula is C33H44N2O5. The van der Waals surface area contributed by atoms with Crippen LogP contribution < -0.4 is 5.32 Å². The molecule has 0 heterocycles. The van der Waals surface area contributed by atoms with Gasteiger partial charge in [0, 0.05) is 18.4 Å². The van der Waals surface area contributed by atoms with Gasteiger partial charge in [-0.2, -0.15) is 0 Å². The average Bonchev–Trinajstić information content (AvgIpc) is 3.29. The summed E-state index contributed by atoms with van der Waals surface area (Å²) in [5.74, 6) is 1.13. The number of nitrogens with one attached hydrogen (secondary N) is 1. The number of rotatable bonds is 9. The number of fused-ring (bicyclic) bond motifs is 5. The van der Waals surface area contributed by atoms with E-state index in [1.54, 1.807) is 6.92 Å². The molecule has 216 valence electrons. The first-order valence-electron chi connectivity index (χ1n) is 15.1. The normalized spacial score (nSPS) is 34.6. The first kappa shape index (κ1) is 28.6. The van der Waals surface area contributed by atoms with Gasteiger partial charge in [-0.3, -0.25) is 14.4 Å². The van der Waals surface area contributed by atoms with Crippen LogP contribution in [0.25, 0.3) is 0 Å². The van der Waals surface area contributed by atoms with Gasteiger partial charge in [0.05, 0.1) is 12.1 Å². The van der Waals surface area contributed by atoms with Crippen molar-refractivity contribution in [2.24, 2.45) is 39.7 Å². The second-order valence-corrected chi connectivity index (χ2v) is 13.2. The average molecular weight is 549 g/mol. The van der Waals surface area contributed by atoms with Crippen molar-refractivity contribution in [2.45, 2.75) is 84.5 Å². The van der Waals surface area contributed by atoms with Crippen LogP contribution in [0, 0.1) is 34.5 Å². The van der Waals surface area contributed by atoms with E-state index in [-0.39, 0.29) is 48.1 Å². The highest BCUT2D eigenvalue weighted by molar-refractivity contribution is 5.96. The van der Waals surface area contributed by atoms with Crippen LogP contribution in [0.1, 0.15) is 90.0 Å². The lowest BCUT2D eigenvalue weighted by Crippen LogP contribution is -2.51. The van der Waals surface area contributed by atoms with E-state index in [4.69, 9.17) is 4.84 Å². The molecular weight excluding hydrogens is 504 g/mol. The van der Waals surface area contributed by atoms with Crippen molar-refractivity contribution in [3.8, 4) is 0 Å². The lowest BCUT2D eigenvalue weighted by atomic mass is 9.46. The number of carboxylic acids is 1. The molecule has 1 amide bonds. The summed E-state index contributed by atoms with van der Waals surface area (Å²) in [5, 5.41) is 16.4. The molecule has 5 rings (SSSR count). The summed E-state index contributed by atoms with van der Waals surface area (Å²) >= 11 is 0. The quantitative estimate of drug-likeness (QED) is 0.374. The molecule has 4 aliphatic rings. The van der Waals surface area contributed by atoms with Crippen LogP contribution >= 0.6 is 0 Å². The first-order valence-corrected chi connectivity index (χ1v) is 15.1. The molecule has 7 atom stereocenters. The minimum atomic E-state index is -0.900. The van der Waals surface area contributed by atoms with Gasteiger partial charge in [-0.15, -0.1) is 0 Å². The third-order valence-corrected chi connectivity index (χ3v) is 11.1. The summed E-state index contributed by atoms with van der Waals surface area (Å²) in [6, 6.07) is 9.37. The summed E-state index contributed by atoms with van der Waals surface area (Å²) in [4.78, 5) is 41.6. The van der Waals surface area contributed by atoms with Gasteiger partial charge < -0.3 is 15.3 Å². The molecule has 0 aromatic heterocycles. The number of ketones is 1. The van der Waals surface area contributed by atoms with Crippen LogP contribution in [0.5, 0.6) is 0 Å². The number of aliphatic carboxylic acids is 1. The van der Waals surface area contributed by atoms with Crippen molar-refractivity contribution in [3.05, 3.63) is 47.5 Å². The van der Waals surface area contributed by atoms with Gasteiger partial charge in [0.25, 0.3) is 5.91 Å². The van der Waals surface area contributed by atoms with Crippen LogP contribution in [0.2, 0.25) is 0 Å². The highest BCUT2D eigenvalue weighted by Crippen LogP contribution is 2.66. The summed E-state index contributed by atoms with van der Waals surface area (Å²) in [6.45, 7) is 6.67. The maximum Gasteiger partial charge on any atom is 0.304 e. The van der Waals surface area contributed by atoms with Crippen LogP contribution in [-0.2, 0) is 19.2 Å². The molecule has 2 N–H and O–H groups in total. The number of amides is 1. The first-order chi connectivity index (χ1) is 19.1. The van der Waals surface area contributed by atoms with Crippen molar-refractivity contribution in [3.63, 3.8) is 0 Å². The van der Waals surface area contributed by atoms with E-state index >= 15 is 0 Å². The Bertz CT molecular complexity index is 1190. The Labute approximate surface area is 237 Å². The van der Waals surface area contributed by atoms with E-state index in [1.807, 2.05) is 30.3 Å². The molecule has 3 fully saturated rings. The molecule has 0 spiro atoms. The van der Waals surface area contributed by atoms with Crippen molar-refractivity contribution in [1.29, 1.82) is 0 Å². The largest absolute Gasteiger partial charge is 0.481 e.